The third kappa shape index (κ3) is 7.69. The molecule has 1 aromatic carbocycles. The number of aliphatic carboxylic acids is 1. The van der Waals surface area contributed by atoms with Crippen LogP contribution in [0, 0.1) is 11.6 Å². The highest BCUT2D eigenvalue weighted by atomic mass is 19.2. The van der Waals surface area contributed by atoms with Gasteiger partial charge in [-0.1, -0.05) is 6.07 Å². The molecule has 10 heteroatoms. The standard InChI is InChI=1S/C16H19F2N3O5/c1-10(22)19-7-14(23)20-8-15(24)21(5-4-16(25)26)9-11-2-3-12(17)13(18)6-11/h2-3,6H,4-5,7-9H2,1H3,(H,19,22)(H,20,23)(H,25,26). The van der Waals surface area contributed by atoms with E-state index in [1.54, 1.807) is 0 Å². The van der Waals surface area contributed by atoms with E-state index < -0.39 is 41.9 Å². The molecule has 1 rings (SSSR count). The lowest BCUT2D eigenvalue weighted by Crippen LogP contribution is -2.43. The van der Waals surface area contributed by atoms with Crippen LogP contribution in [-0.2, 0) is 25.7 Å². The van der Waals surface area contributed by atoms with E-state index in [1.807, 2.05) is 0 Å². The minimum absolute atomic E-state index is 0.148. The number of hydrogen-bond donors (Lipinski definition) is 3. The van der Waals surface area contributed by atoms with Crippen molar-refractivity contribution >= 4 is 23.7 Å². The quantitative estimate of drug-likeness (QED) is 0.566. The van der Waals surface area contributed by atoms with Crippen LogP contribution in [0.15, 0.2) is 18.2 Å². The van der Waals surface area contributed by atoms with Crippen LogP contribution in [-0.4, -0.2) is 53.3 Å². The van der Waals surface area contributed by atoms with Crippen molar-refractivity contribution in [3.8, 4) is 0 Å². The number of amides is 3. The smallest absolute Gasteiger partial charge is 0.305 e. The number of nitrogens with one attached hydrogen (secondary N) is 2. The highest BCUT2D eigenvalue weighted by Gasteiger charge is 2.17. The van der Waals surface area contributed by atoms with Gasteiger partial charge in [-0.15, -0.1) is 0 Å². The van der Waals surface area contributed by atoms with Crippen molar-refractivity contribution in [1.29, 1.82) is 0 Å². The summed E-state index contributed by atoms with van der Waals surface area (Å²) in [6, 6.07) is 3.08. The normalized spacial score (nSPS) is 10.1. The average molecular weight is 371 g/mol. The topological polar surface area (TPSA) is 116 Å². The molecular weight excluding hydrogens is 352 g/mol. The predicted octanol–water partition coefficient (Wildman–Crippen LogP) is 0.0204. The second kappa shape index (κ2) is 10.1. The van der Waals surface area contributed by atoms with E-state index in [1.165, 1.54) is 13.0 Å². The lowest BCUT2D eigenvalue weighted by atomic mass is 10.2. The Morgan fingerprint density at radius 1 is 1.08 bits per heavy atom. The summed E-state index contributed by atoms with van der Waals surface area (Å²) in [6.45, 7) is 0.177. The fraction of sp³-hybridized carbons (Fsp3) is 0.375. The Balaban J connectivity index is 2.69. The van der Waals surface area contributed by atoms with Gasteiger partial charge in [0.2, 0.25) is 17.7 Å². The molecule has 0 aliphatic rings. The molecule has 0 saturated heterocycles. The van der Waals surface area contributed by atoms with Gasteiger partial charge in [0.05, 0.1) is 19.5 Å². The predicted molar refractivity (Wildman–Crippen MR) is 85.7 cm³/mol. The number of hydrogen-bond acceptors (Lipinski definition) is 4. The van der Waals surface area contributed by atoms with E-state index in [-0.39, 0.29) is 31.6 Å². The zero-order valence-corrected chi connectivity index (χ0v) is 14.1. The summed E-state index contributed by atoms with van der Waals surface area (Å²) >= 11 is 0. The van der Waals surface area contributed by atoms with E-state index in [2.05, 4.69) is 10.6 Å². The van der Waals surface area contributed by atoms with Gasteiger partial charge in [0.25, 0.3) is 0 Å². The summed E-state index contributed by atoms with van der Waals surface area (Å²) in [4.78, 5) is 46.3. The number of nitrogens with zero attached hydrogens (tertiary/aromatic N) is 1. The number of benzene rings is 1. The summed E-state index contributed by atoms with van der Waals surface area (Å²) in [5, 5.41) is 13.3. The molecule has 0 saturated carbocycles. The number of carboxylic acids is 1. The summed E-state index contributed by atoms with van der Waals surface area (Å²) in [5.74, 6) is -4.87. The molecule has 0 aliphatic carbocycles. The number of carbonyl (C=O) groups is 4. The zero-order chi connectivity index (χ0) is 19.7. The maximum atomic E-state index is 13.3. The lowest BCUT2D eigenvalue weighted by molar-refractivity contribution is -0.139. The monoisotopic (exact) mass is 371 g/mol. The Morgan fingerprint density at radius 3 is 2.35 bits per heavy atom. The number of carbonyl (C=O) groups excluding carboxylic acids is 3. The molecule has 0 bridgehead atoms. The highest BCUT2D eigenvalue weighted by Crippen LogP contribution is 2.11. The molecule has 0 unspecified atom stereocenters. The first kappa shape index (κ1) is 21.0. The van der Waals surface area contributed by atoms with E-state index in [0.29, 0.717) is 0 Å². The van der Waals surface area contributed by atoms with Crippen LogP contribution in [0.3, 0.4) is 0 Å². The van der Waals surface area contributed by atoms with E-state index in [9.17, 15) is 28.0 Å². The second-order valence-electron chi connectivity index (χ2n) is 5.39. The Hall–Kier alpha value is -3.04. The average Bonchev–Trinajstić information content (AvgIpc) is 2.57. The SMILES string of the molecule is CC(=O)NCC(=O)NCC(=O)N(CCC(=O)O)Cc1ccc(F)c(F)c1. The Bertz CT molecular complexity index is 696. The summed E-state index contributed by atoms with van der Waals surface area (Å²) in [5.41, 5.74) is 0.271. The molecule has 0 heterocycles. The van der Waals surface area contributed by atoms with E-state index in [0.717, 1.165) is 17.0 Å². The van der Waals surface area contributed by atoms with Gasteiger partial charge >= 0.3 is 5.97 Å². The number of rotatable bonds is 9. The number of halogens is 2. The molecule has 0 aromatic heterocycles. The van der Waals surface area contributed by atoms with Crippen molar-refractivity contribution in [1.82, 2.24) is 15.5 Å². The van der Waals surface area contributed by atoms with Crippen molar-refractivity contribution < 1.29 is 33.1 Å². The minimum atomic E-state index is -1.14. The van der Waals surface area contributed by atoms with Crippen LogP contribution in [0.2, 0.25) is 0 Å². The summed E-state index contributed by atoms with van der Waals surface area (Å²) < 4.78 is 26.3. The first-order valence-corrected chi connectivity index (χ1v) is 7.63. The van der Waals surface area contributed by atoms with Crippen molar-refractivity contribution in [2.45, 2.75) is 19.9 Å². The molecule has 0 radical (unpaired) electrons. The lowest BCUT2D eigenvalue weighted by Gasteiger charge is -2.22. The molecule has 0 atom stereocenters. The van der Waals surface area contributed by atoms with Crippen molar-refractivity contribution in [2.75, 3.05) is 19.6 Å². The van der Waals surface area contributed by atoms with Crippen LogP contribution in [0.4, 0.5) is 8.78 Å². The maximum Gasteiger partial charge on any atom is 0.305 e. The van der Waals surface area contributed by atoms with Crippen LogP contribution in [0.5, 0.6) is 0 Å². The molecule has 0 fully saturated rings. The van der Waals surface area contributed by atoms with Gasteiger partial charge < -0.3 is 20.6 Å². The molecule has 3 amide bonds. The molecule has 3 N–H and O–H groups in total. The molecule has 26 heavy (non-hydrogen) atoms. The molecular formula is C16H19F2N3O5. The highest BCUT2D eigenvalue weighted by molar-refractivity contribution is 5.87. The van der Waals surface area contributed by atoms with Crippen molar-refractivity contribution in [3.05, 3.63) is 35.4 Å². The van der Waals surface area contributed by atoms with Gasteiger partial charge in [-0.05, 0) is 17.7 Å². The maximum absolute atomic E-state index is 13.3. The van der Waals surface area contributed by atoms with Crippen LogP contribution in [0.25, 0.3) is 0 Å². The molecule has 0 spiro atoms. The van der Waals surface area contributed by atoms with Gasteiger partial charge in [0, 0.05) is 20.0 Å². The zero-order valence-electron chi connectivity index (χ0n) is 14.1. The third-order valence-electron chi connectivity index (χ3n) is 3.24. The fourth-order valence-electron chi connectivity index (χ4n) is 1.93. The van der Waals surface area contributed by atoms with Crippen LogP contribution in [0.1, 0.15) is 18.9 Å². The fourth-order valence-corrected chi connectivity index (χ4v) is 1.93. The van der Waals surface area contributed by atoms with Gasteiger partial charge in [0.15, 0.2) is 11.6 Å². The Labute approximate surface area is 148 Å². The second-order valence-corrected chi connectivity index (χ2v) is 5.39. The first-order chi connectivity index (χ1) is 12.2. The van der Waals surface area contributed by atoms with Gasteiger partial charge in [-0.2, -0.15) is 0 Å². The van der Waals surface area contributed by atoms with Gasteiger partial charge in [-0.25, -0.2) is 8.78 Å². The number of carboxylic acid groups (broad SMARTS) is 1. The molecule has 1 aromatic rings. The third-order valence-corrected chi connectivity index (χ3v) is 3.24. The van der Waals surface area contributed by atoms with E-state index >= 15 is 0 Å². The minimum Gasteiger partial charge on any atom is -0.481 e. The Morgan fingerprint density at radius 2 is 1.77 bits per heavy atom. The van der Waals surface area contributed by atoms with Crippen LogP contribution >= 0.6 is 0 Å². The molecule has 142 valence electrons. The largest absolute Gasteiger partial charge is 0.481 e. The molecule has 8 nitrogen and oxygen atoms in total. The van der Waals surface area contributed by atoms with Gasteiger partial charge in [0.1, 0.15) is 0 Å². The van der Waals surface area contributed by atoms with Crippen LogP contribution < -0.4 is 10.6 Å². The molecule has 0 aliphatic heterocycles. The summed E-state index contributed by atoms with van der Waals surface area (Å²) in [7, 11) is 0. The van der Waals surface area contributed by atoms with Crippen molar-refractivity contribution in [3.63, 3.8) is 0 Å². The summed E-state index contributed by atoms with van der Waals surface area (Å²) in [6.07, 6.45) is -0.352. The van der Waals surface area contributed by atoms with Crippen molar-refractivity contribution in [2.24, 2.45) is 0 Å². The van der Waals surface area contributed by atoms with Gasteiger partial charge in [-0.3, -0.25) is 19.2 Å². The Kier molecular flexibility index (Phi) is 8.13. The first-order valence-electron chi connectivity index (χ1n) is 7.63. The van der Waals surface area contributed by atoms with E-state index in [4.69, 9.17) is 5.11 Å².